The van der Waals surface area contributed by atoms with Gasteiger partial charge in [-0.3, -0.25) is 0 Å². The molecule has 0 aliphatic carbocycles. The van der Waals surface area contributed by atoms with Gasteiger partial charge in [0.1, 0.15) is 0 Å². The second-order valence-electron chi connectivity index (χ2n) is 9.21. The summed E-state index contributed by atoms with van der Waals surface area (Å²) in [5.41, 5.74) is 0.580. The fraction of sp³-hybridized carbons (Fsp3) is 0.812. The molecule has 148 valence electrons. The molecule has 0 radical (unpaired) electrons. The maximum absolute atomic E-state index is 12.7. The summed E-state index contributed by atoms with van der Waals surface area (Å²) in [6, 6.07) is 0. The Bertz CT molecular complexity index is 432. The van der Waals surface area contributed by atoms with Crippen LogP contribution >= 0.6 is 0 Å². The van der Waals surface area contributed by atoms with Gasteiger partial charge < -0.3 is 16.8 Å². The van der Waals surface area contributed by atoms with Crippen LogP contribution in [0.4, 0.5) is 0 Å². The molecule has 0 amide bonds. The Hall–Kier alpha value is -0.0425. The molecule has 0 heterocycles. The van der Waals surface area contributed by atoms with Crippen molar-refractivity contribution in [3.05, 3.63) is 11.6 Å². The number of hydrogen-bond donors (Lipinski definition) is 0. The summed E-state index contributed by atoms with van der Waals surface area (Å²) in [5.74, 6) is -0.394. The quantitative estimate of drug-likeness (QED) is 0.355. The zero-order chi connectivity index (χ0) is 20.1. The van der Waals surface area contributed by atoms with Crippen LogP contribution in [0.3, 0.4) is 0 Å². The Balaban J connectivity index is 5.84. The first-order chi connectivity index (χ1) is 11.0. The van der Waals surface area contributed by atoms with E-state index in [9.17, 15) is 4.79 Å². The summed E-state index contributed by atoms with van der Waals surface area (Å²) in [7, 11) is -9.75. The highest BCUT2D eigenvalue weighted by molar-refractivity contribution is 6.88. The standard InChI is InChI=1S/C16H38O5Si4/c1-12-13-14-15(2)16(17)18-25(19-22(3,4)5,20-23(6,7)8)21-24(9,10)11/h14H,12-13H2,1-11H3/b15-14+. The van der Waals surface area contributed by atoms with Crippen molar-refractivity contribution in [3.63, 3.8) is 0 Å². The van der Waals surface area contributed by atoms with E-state index >= 15 is 0 Å². The number of hydrogen-bond acceptors (Lipinski definition) is 5. The molecular weight excluding hydrogens is 385 g/mol. The van der Waals surface area contributed by atoms with Crippen LogP contribution in [0.2, 0.25) is 58.9 Å². The van der Waals surface area contributed by atoms with Crippen LogP contribution in [0.15, 0.2) is 11.6 Å². The van der Waals surface area contributed by atoms with E-state index < -0.39 is 40.0 Å². The van der Waals surface area contributed by atoms with Gasteiger partial charge in [-0.1, -0.05) is 19.4 Å². The molecule has 0 spiro atoms. The van der Waals surface area contributed by atoms with Gasteiger partial charge in [0, 0.05) is 5.57 Å². The molecule has 0 aromatic rings. The summed E-state index contributed by atoms with van der Waals surface area (Å²) in [5, 5.41) is 0. The van der Waals surface area contributed by atoms with Crippen molar-refractivity contribution in [2.75, 3.05) is 0 Å². The largest absolute Gasteiger partial charge is 0.719 e. The zero-order valence-electron chi connectivity index (χ0n) is 18.0. The van der Waals surface area contributed by atoms with E-state index in [1.165, 1.54) is 0 Å². The Morgan fingerprint density at radius 1 is 0.800 bits per heavy atom. The zero-order valence-corrected chi connectivity index (χ0v) is 22.0. The van der Waals surface area contributed by atoms with E-state index in [2.05, 4.69) is 65.8 Å². The molecule has 0 aliphatic rings. The third kappa shape index (κ3) is 12.1. The molecule has 0 fully saturated rings. The van der Waals surface area contributed by atoms with Crippen LogP contribution in [0.25, 0.3) is 0 Å². The van der Waals surface area contributed by atoms with Crippen LogP contribution in [0.5, 0.6) is 0 Å². The Kier molecular flexibility index (Phi) is 9.23. The van der Waals surface area contributed by atoms with E-state index in [1.807, 2.05) is 6.08 Å². The minimum Gasteiger partial charge on any atom is -0.450 e. The maximum Gasteiger partial charge on any atom is 0.719 e. The van der Waals surface area contributed by atoms with Gasteiger partial charge in [0.05, 0.1) is 0 Å². The van der Waals surface area contributed by atoms with Crippen molar-refractivity contribution in [2.24, 2.45) is 0 Å². The molecule has 0 saturated carbocycles. The number of unbranched alkanes of at least 4 members (excludes halogenated alkanes) is 1. The normalized spacial score (nSPS) is 14.6. The molecule has 0 rings (SSSR count). The summed E-state index contributed by atoms with van der Waals surface area (Å²) in [6.45, 7) is 22.4. The topological polar surface area (TPSA) is 54.0 Å². The van der Waals surface area contributed by atoms with Crippen molar-refractivity contribution in [2.45, 2.75) is 85.6 Å². The fourth-order valence-corrected chi connectivity index (χ4v) is 13.4. The van der Waals surface area contributed by atoms with Crippen LogP contribution in [-0.2, 0) is 21.6 Å². The van der Waals surface area contributed by atoms with Crippen molar-refractivity contribution < 1.29 is 21.6 Å². The Morgan fingerprint density at radius 2 is 1.16 bits per heavy atom. The first kappa shape index (κ1) is 25.0. The van der Waals surface area contributed by atoms with E-state index in [0.29, 0.717) is 5.57 Å². The second-order valence-corrected chi connectivity index (χ2v) is 25.5. The average Bonchev–Trinajstić information content (AvgIpc) is 2.28. The minimum absolute atomic E-state index is 0.394. The van der Waals surface area contributed by atoms with E-state index in [-0.39, 0.29) is 0 Å². The van der Waals surface area contributed by atoms with Crippen LogP contribution in [0, 0.1) is 0 Å². The van der Waals surface area contributed by atoms with Crippen molar-refractivity contribution in [1.82, 2.24) is 0 Å². The molecule has 0 unspecified atom stereocenters. The van der Waals surface area contributed by atoms with Crippen molar-refractivity contribution in [3.8, 4) is 0 Å². The lowest BCUT2D eigenvalue weighted by Gasteiger charge is -2.39. The van der Waals surface area contributed by atoms with E-state index in [4.69, 9.17) is 16.8 Å². The van der Waals surface area contributed by atoms with Gasteiger partial charge in [-0.05, 0) is 72.3 Å². The number of carbonyl (C=O) groups is 1. The van der Waals surface area contributed by atoms with Gasteiger partial charge in [0.15, 0.2) is 25.0 Å². The first-order valence-corrected chi connectivity index (χ1v) is 20.8. The molecule has 0 aliphatic heterocycles. The van der Waals surface area contributed by atoms with Gasteiger partial charge >= 0.3 is 15.0 Å². The first-order valence-electron chi connectivity index (χ1n) is 8.99. The summed E-state index contributed by atoms with van der Waals surface area (Å²) in [4.78, 5) is 12.7. The van der Waals surface area contributed by atoms with Gasteiger partial charge in [-0.2, -0.15) is 0 Å². The smallest absolute Gasteiger partial charge is 0.450 e. The molecule has 0 aromatic carbocycles. The Labute approximate surface area is 159 Å². The molecular formula is C16H38O5Si4. The van der Waals surface area contributed by atoms with E-state index in [0.717, 1.165) is 12.8 Å². The number of rotatable bonds is 10. The number of allylic oxidation sites excluding steroid dienone is 1. The molecule has 0 saturated heterocycles. The van der Waals surface area contributed by atoms with Crippen LogP contribution in [-0.4, -0.2) is 40.0 Å². The number of carbonyl (C=O) groups excluding carboxylic acids is 1. The predicted octanol–water partition coefficient (Wildman–Crippen LogP) is 5.27. The lowest BCUT2D eigenvalue weighted by molar-refractivity contribution is -0.135. The van der Waals surface area contributed by atoms with Gasteiger partial charge in [-0.25, -0.2) is 4.79 Å². The van der Waals surface area contributed by atoms with Gasteiger partial charge in [0.2, 0.25) is 0 Å². The molecule has 0 aromatic heterocycles. The summed E-state index contributed by atoms with van der Waals surface area (Å²) >= 11 is 0. The lowest BCUT2D eigenvalue weighted by atomic mass is 10.2. The van der Waals surface area contributed by atoms with Crippen LogP contribution in [0.1, 0.15) is 26.7 Å². The minimum atomic E-state index is -3.57. The van der Waals surface area contributed by atoms with Gasteiger partial charge in [-0.15, -0.1) is 0 Å². The fourth-order valence-electron chi connectivity index (χ4n) is 1.89. The maximum atomic E-state index is 12.7. The SMILES string of the molecule is CCC/C=C(\C)C(=O)O[Si](O[Si](C)(C)C)(O[Si](C)(C)C)O[Si](C)(C)C. The van der Waals surface area contributed by atoms with Crippen LogP contribution < -0.4 is 0 Å². The highest BCUT2D eigenvalue weighted by atomic mass is 28.5. The molecule has 9 heteroatoms. The molecule has 25 heavy (non-hydrogen) atoms. The highest BCUT2D eigenvalue weighted by Gasteiger charge is 2.57. The third-order valence-corrected chi connectivity index (χ3v) is 13.4. The lowest BCUT2D eigenvalue weighted by Crippen LogP contribution is -2.63. The second kappa shape index (κ2) is 9.24. The average molecular weight is 423 g/mol. The van der Waals surface area contributed by atoms with E-state index in [1.54, 1.807) is 6.92 Å². The summed E-state index contributed by atoms with van der Waals surface area (Å²) in [6.07, 6.45) is 3.72. The van der Waals surface area contributed by atoms with Crippen molar-refractivity contribution in [1.29, 1.82) is 0 Å². The molecule has 0 N–H and O–H groups in total. The molecule has 0 bridgehead atoms. The summed E-state index contributed by atoms with van der Waals surface area (Å²) < 4.78 is 24.9. The van der Waals surface area contributed by atoms with Crippen molar-refractivity contribution >= 4 is 40.0 Å². The van der Waals surface area contributed by atoms with Gasteiger partial charge in [0.25, 0.3) is 0 Å². The predicted molar refractivity (Wildman–Crippen MR) is 114 cm³/mol. The monoisotopic (exact) mass is 422 g/mol. The molecule has 0 atom stereocenters. The highest BCUT2D eigenvalue weighted by Crippen LogP contribution is 2.27. The third-order valence-electron chi connectivity index (χ3n) is 2.57. The Morgan fingerprint density at radius 3 is 1.44 bits per heavy atom. The molecule has 5 nitrogen and oxygen atoms in total.